The predicted octanol–water partition coefficient (Wildman–Crippen LogP) is 2.70. The van der Waals surface area contributed by atoms with Crippen LogP contribution < -0.4 is 5.32 Å². The Labute approximate surface area is 105 Å². The monoisotopic (exact) mass is 245 g/mol. The van der Waals surface area contributed by atoms with Crippen LogP contribution in [0, 0.1) is 5.92 Å². The molecule has 0 bridgehead atoms. The predicted molar refractivity (Wildman–Crippen MR) is 68.9 cm³/mol. The van der Waals surface area contributed by atoms with E-state index in [2.05, 4.69) is 19.2 Å². The van der Waals surface area contributed by atoms with Crippen LogP contribution in [0.25, 0.3) is 0 Å². The van der Waals surface area contributed by atoms with Gasteiger partial charge in [-0.2, -0.15) is 0 Å². The summed E-state index contributed by atoms with van der Waals surface area (Å²) in [7, 11) is 0. The smallest absolute Gasteiger partial charge is 0.407 e. The maximum absolute atomic E-state index is 11.5. The average molecular weight is 245 g/mol. The molecule has 0 aliphatic heterocycles. The minimum Gasteiger partial charge on any atom is -0.444 e. The lowest BCUT2D eigenvalue weighted by Crippen LogP contribution is -2.41. The van der Waals surface area contributed by atoms with Gasteiger partial charge in [-0.3, -0.25) is 0 Å². The molecule has 17 heavy (non-hydrogen) atoms. The van der Waals surface area contributed by atoms with Gasteiger partial charge in [0, 0.05) is 0 Å². The number of rotatable bonds is 6. The van der Waals surface area contributed by atoms with Crippen molar-refractivity contribution in [3.8, 4) is 0 Å². The van der Waals surface area contributed by atoms with E-state index in [4.69, 9.17) is 4.74 Å². The first-order chi connectivity index (χ1) is 7.78. The molecule has 0 heterocycles. The van der Waals surface area contributed by atoms with Crippen LogP contribution in [0.3, 0.4) is 0 Å². The zero-order chi connectivity index (χ0) is 13.5. The van der Waals surface area contributed by atoms with Crippen LogP contribution >= 0.6 is 0 Å². The van der Waals surface area contributed by atoms with Gasteiger partial charge in [-0.25, -0.2) is 4.79 Å². The molecular formula is C13H27NO3. The van der Waals surface area contributed by atoms with Crippen LogP contribution in [-0.4, -0.2) is 29.4 Å². The number of alkyl carbamates (subject to hydrolysis) is 1. The molecular weight excluding hydrogens is 218 g/mol. The SMILES string of the molecule is CCCC(C)CC(CO)NC(=O)OC(C)(C)C. The number of aliphatic hydroxyl groups is 1. The molecule has 0 spiro atoms. The second kappa shape index (κ2) is 7.54. The normalized spacial score (nSPS) is 15.2. The van der Waals surface area contributed by atoms with Crippen molar-refractivity contribution >= 4 is 6.09 Å². The Morgan fingerprint density at radius 3 is 2.41 bits per heavy atom. The van der Waals surface area contributed by atoms with Crippen LogP contribution in [0.4, 0.5) is 4.79 Å². The summed E-state index contributed by atoms with van der Waals surface area (Å²) in [6.45, 7) is 9.67. The number of aliphatic hydroxyl groups excluding tert-OH is 1. The minimum atomic E-state index is -0.501. The van der Waals surface area contributed by atoms with Crippen molar-refractivity contribution < 1.29 is 14.6 Å². The molecule has 0 aliphatic rings. The van der Waals surface area contributed by atoms with Crippen LogP contribution in [-0.2, 0) is 4.74 Å². The van der Waals surface area contributed by atoms with Crippen molar-refractivity contribution in [2.75, 3.05) is 6.61 Å². The standard InChI is InChI=1S/C13H27NO3/c1-6-7-10(2)8-11(9-15)14-12(16)17-13(3,4)5/h10-11,15H,6-9H2,1-5H3,(H,14,16). The van der Waals surface area contributed by atoms with Crippen LogP contribution in [0.2, 0.25) is 0 Å². The van der Waals surface area contributed by atoms with Gasteiger partial charge >= 0.3 is 6.09 Å². The summed E-state index contributed by atoms with van der Waals surface area (Å²) in [5.74, 6) is 0.493. The Hall–Kier alpha value is -0.770. The van der Waals surface area contributed by atoms with Crippen molar-refractivity contribution in [1.29, 1.82) is 0 Å². The first-order valence-electron chi connectivity index (χ1n) is 6.38. The number of nitrogens with one attached hydrogen (secondary N) is 1. The van der Waals surface area contributed by atoms with E-state index in [0.29, 0.717) is 5.92 Å². The number of carbonyl (C=O) groups is 1. The van der Waals surface area contributed by atoms with E-state index in [1.54, 1.807) is 0 Å². The van der Waals surface area contributed by atoms with Crippen LogP contribution in [0.15, 0.2) is 0 Å². The van der Waals surface area contributed by atoms with E-state index in [9.17, 15) is 9.90 Å². The first-order valence-corrected chi connectivity index (χ1v) is 6.38. The number of hydrogen-bond donors (Lipinski definition) is 2. The summed E-state index contributed by atoms with van der Waals surface area (Å²) in [6, 6.07) is -0.216. The van der Waals surface area contributed by atoms with Gasteiger partial charge in [0.1, 0.15) is 5.60 Å². The third kappa shape index (κ3) is 8.98. The Bertz CT molecular complexity index is 223. The van der Waals surface area contributed by atoms with Crippen LogP contribution in [0.1, 0.15) is 53.9 Å². The van der Waals surface area contributed by atoms with Gasteiger partial charge in [-0.1, -0.05) is 26.7 Å². The Morgan fingerprint density at radius 2 is 2.00 bits per heavy atom. The van der Waals surface area contributed by atoms with Gasteiger partial charge in [-0.05, 0) is 33.1 Å². The fraction of sp³-hybridized carbons (Fsp3) is 0.923. The molecule has 0 aromatic rings. The molecule has 0 fully saturated rings. The van der Waals surface area contributed by atoms with Crippen molar-refractivity contribution in [3.63, 3.8) is 0 Å². The summed E-state index contributed by atoms with van der Waals surface area (Å²) in [5.41, 5.74) is -0.501. The topological polar surface area (TPSA) is 58.6 Å². The summed E-state index contributed by atoms with van der Waals surface area (Å²) < 4.78 is 5.15. The van der Waals surface area contributed by atoms with Crippen molar-refractivity contribution in [3.05, 3.63) is 0 Å². The van der Waals surface area contributed by atoms with E-state index in [1.165, 1.54) is 0 Å². The van der Waals surface area contributed by atoms with Gasteiger partial charge in [0.15, 0.2) is 0 Å². The van der Waals surface area contributed by atoms with Gasteiger partial charge < -0.3 is 15.2 Å². The summed E-state index contributed by atoms with van der Waals surface area (Å²) in [4.78, 5) is 11.5. The Kier molecular flexibility index (Phi) is 7.19. The Balaban J connectivity index is 4.08. The van der Waals surface area contributed by atoms with Gasteiger partial charge in [-0.15, -0.1) is 0 Å². The molecule has 2 unspecified atom stereocenters. The number of amides is 1. The fourth-order valence-corrected chi connectivity index (χ4v) is 1.75. The van der Waals surface area contributed by atoms with Gasteiger partial charge in [0.2, 0.25) is 0 Å². The summed E-state index contributed by atoms with van der Waals surface area (Å²) in [5, 5.41) is 11.9. The van der Waals surface area contributed by atoms with Gasteiger partial charge in [0.05, 0.1) is 12.6 Å². The molecule has 0 saturated carbocycles. The number of carbonyl (C=O) groups excluding carboxylic acids is 1. The third-order valence-electron chi connectivity index (χ3n) is 2.41. The zero-order valence-electron chi connectivity index (χ0n) is 11.7. The largest absolute Gasteiger partial charge is 0.444 e. The highest BCUT2D eigenvalue weighted by Crippen LogP contribution is 2.13. The molecule has 1 amide bonds. The van der Waals surface area contributed by atoms with Crippen LogP contribution in [0.5, 0.6) is 0 Å². The van der Waals surface area contributed by atoms with E-state index < -0.39 is 11.7 Å². The quantitative estimate of drug-likeness (QED) is 0.756. The van der Waals surface area contributed by atoms with Crippen molar-refractivity contribution in [2.24, 2.45) is 5.92 Å². The van der Waals surface area contributed by atoms with Gasteiger partial charge in [0.25, 0.3) is 0 Å². The maximum Gasteiger partial charge on any atom is 0.407 e. The van der Waals surface area contributed by atoms with E-state index in [0.717, 1.165) is 19.3 Å². The van der Waals surface area contributed by atoms with E-state index in [-0.39, 0.29) is 12.6 Å². The molecule has 2 N–H and O–H groups in total. The molecule has 2 atom stereocenters. The molecule has 0 saturated heterocycles. The average Bonchev–Trinajstić information content (AvgIpc) is 2.13. The van der Waals surface area contributed by atoms with Crippen molar-refractivity contribution in [1.82, 2.24) is 5.32 Å². The maximum atomic E-state index is 11.5. The second-order valence-electron chi connectivity index (χ2n) is 5.66. The zero-order valence-corrected chi connectivity index (χ0v) is 11.7. The molecule has 4 heteroatoms. The molecule has 0 rings (SSSR count). The number of ether oxygens (including phenoxy) is 1. The lowest BCUT2D eigenvalue weighted by molar-refractivity contribution is 0.0473. The highest BCUT2D eigenvalue weighted by molar-refractivity contribution is 5.68. The second-order valence-corrected chi connectivity index (χ2v) is 5.66. The molecule has 0 aliphatic carbocycles. The minimum absolute atomic E-state index is 0.0483. The lowest BCUT2D eigenvalue weighted by Gasteiger charge is -2.24. The first kappa shape index (κ1) is 16.2. The number of hydrogen-bond acceptors (Lipinski definition) is 3. The fourth-order valence-electron chi connectivity index (χ4n) is 1.75. The summed E-state index contributed by atoms with van der Waals surface area (Å²) >= 11 is 0. The molecule has 0 aromatic carbocycles. The highest BCUT2D eigenvalue weighted by Gasteiger charge is 2.20. The van der Waals surface area contributed by atoms with E-state index in [1.807, 2.05) is 20.8 Å². The summed E-state index contributed by atoms with van der Waals surface area (Å²) in [6.07, 6.45) is 2.54. The van der Waals surface area contributed by atoms with E-state index >= 15 is 0 Å². The van der Waals surface area contributed by atoms with Crippen molar-refractivity contribution in [2.45, 2.75) is 65.5 Å². The molecule has 102 valence electrons. The Morgan fingerprint density at radius 1 is 1.41 bits per heavy atom. The molecule has 4 nitrogen and oxygen atoms in total. The molecule has 0 aromatic heterocycles. The lowest BCUT2D eigenvalue weighted by atomic mass is 9.98. The molecule has 0 radical (unpaired) electrons. The third-order valence-corrected chi connectivity index (χ3v) is 2.41. The highest BCUT2D eigenvalue weighted by atomic mass is 16.6.